The van der Waals surface area contributed by atoms with Crippen molar-refractivity contribution < 1.29 is 9.90 Å². The molecule has 1 unspecified atom stereocenters. The molecule has 5 rings (SSSR count). The number of carbonyl (C=O) groups excluding carboxylic acids is 1. The number of nitrogens with zero attached hydrogens (tertiary/aromatic N) is 2. The first kappa shape index (κ1) is 17.9. The molecule has 1 fully saturated rings. The van der Waals surface area contributed by atoms with Crippen LogP contribution in [0, 0.1) is 5.92 Å². The molecule has 0 spiro atoms. The molecule has 0 saturated heterocycles. The predicted molar refractivity (Wildman–Crippen MR) is 110 cm³/mol. The van der Waals surface area contributed by atoms with Crippen molar-refractivity contribution in [1.82, 2.24) is 14.9 Å². The van der Waals surface area contributed by atoms with E-state index in [0.717, 1.165) is 42.0 Å². The molecule has 1 amide bonds. The van der Waals surface area contributed by atoms with Crippen LogP contribution in [0.5, 0.6) is 5.75 Å². The molecule has 1 saturated carbocycles. The van der Waals surface area contributed by atoms with E-state index in [1.807, 2.05) is 18.2 Å². The van der Waals surface area contributed by atoms with E-state index in [1.165, 1.54) is 0 Å². The third-order valence-corrected chi connectivity index (χ3v) is 6.33. The van der Waals surface area contributed by atoms with Crippen molar-refractivity contribution in [3.05, 3.63) is 69.9 Å². The minimum Gasteiger partial charge on any atom is -0.501 e. The summed E-state index contributed by atoms with van der Waals surface area (Å²) in [6.07, 6.45) is 4.43. The van der Waals surface area contributed by atoms with E-state index in [1.54, 1.807) is 4.57 Å². The zero-order valence-electron chi connectivity index (χ0n) is 16.1. The third kappa shape index (κ3) is 2.90. The summed E-state index contributed by atoms with van der Waals surface area (Å²) in [5.41, 5.74) is 0.439. The number of fused-ring (bicyclic) bond motifs is 2. The second-order valence-electron chi connectivity index (χ2n) is 7.97. The Morgan fingerprint density at radius 1 is 1.07 bits per heavy atom. The number of amides is 1. The van der Waals surface area contributed by atoms with Gasteiger partial charge in [0.1, 0.15) is 5.82 Å². The molecular weight excluding hydrogens is 366 g/mol. The van der Waals surface area contributed by atoms with Gasteiger partial charge in [-0.15, -0.1) is 0 Å². The highest BCUT2D eigenvalue weighted by atomic mass is 16.3. The highest BCUT2D eigenvalue weighted by Gasteiger charge is 2.35. The first-order valence-electron chi connectivity index (χ1n) is 10.2. The van der Waals surface area contributed by atoms with E-state index in [-0.39, 0.29) is 11.6 Å². The molecule has 1 aromatic heterocycles. The molecule has 148 valence electrons. The first-order valence-corrected chi connectivity index (χ1v) is 10.2. The van der Waals surface area contributed by atoms with Gasteiger partial charge in [0, 0.05) is 19.0 Å². The van der Waals surface area contributed by atoms with Gasteiger partial charge in [-0.3, -0.25) is 9.59 Å². The summed E-state index contributed by atoms with van der Waals surface area (Å²) in [6.45, 7) is 0.945. The number of nitrogens with one attached hydrogen (secondary N) is 1. The average molecular weight is 389 g/mol. The van der Waals surface area contributed by atoms with Crippen molar-refractivity contribution in [3.8, 4) is 5.75 Å². The normalized spacial score (nSPS) is 17.9. The van der Waals surface area contributed by atoms with Crippen molar-refractivity contribution in [2.45, 2.75) is 38.1 Å². The minimum absolute atomic E-state index is 0.0366. The highest BCUT2D eigenvalue weighted by molar-refractivity contribution is 5.95. The average Bonchev–Trinajstić information content (AvgIpc) is 3.26. The lowest BCUT2D eigenvalue weighted by Crippen LogP contribution is -2.40. The predicted octanol–water partition coefficient (Wildman–Crippen LogP) is 3.17. The number of aromatic hydroxyl groups is 1. The number of rotatable bonds is 3. The number of carbonyl (C=O) groups is 1. The molecule has 2 heterocycles. The standard InChI is InChI=1S/C23H23N3O3/c27-20-19-22(28)24-12-13-26(19)21(25-23(20)29)18(15-7-1-2-8-15)17-11-5-9-14-6-3-4-10-16(14)17/h3-6,9-11,15,18,27H,1-2,7-8,12-13H2,(H,24,28). The van der Waals surface area contributed by atoms with Crippen LogP contribution >= 0.6 is 0 Å². The lowest BCUT2D eigenvalue weighted by atomic mass is 9.81. The van der Waals surface area contributed by atoms with Crippen molar-refractivity contribution >= 4 is 16.7 Å². The monoisotopic (exact) mass is 389 g/mol. The van der Waals surface area contributed by atoms with Crippen LogP contribution < -0.4 is 10.9 Å². The van der Waals surface area contributed by atoms with Crippen LogP contribution in [0.3, 0.4) is 0 Å². The molecule has 0 radical (unpaired) electrons. The Hall–Kier alpha value is -3.15. The van der Waals surface area contributed by atoms with Crippen LogP contribution in [0.4, 0.5) is 0 Å². The molecule has 6 heteroatoms. The Balaban J connectivity index is 1.80. The quantitative estimate of drug-likeness (QED) is 0.721. The van der Waals surface area contributed by atoms with Gasteiger partial charge in [0.2, 0.25) is 5.75 Å². The molecular formula is C23H23N3O3. The molecule has 2 aliphatic rings. The van der Waals surface area contributed by atoms with E-state index >= 15 is 0 Å². The summed E-state index contributed by atoms with van der Waals surface area (Å²) in [4.78, 5) is 29.3. The van der Waals surface area contributed by atoms with Crippen molar-refractivity contribution in [2.24, 2.45) is 5.92 Å². The van der Waals surface area contributed by atoms with Crippen molar-refractivity contribution in [2.75, 3.05) is 6.54 Å². The zero-order chi connectivity index (χ0) is 20.0. The van der Waals surface area contributed by atoms with Gasteiger partial charge in [-0.25, -0.2) is 0 Å². The second kappa shape index (κ2) is 7.03. The van der Waals surface area contributed by atoms with Gasteiger partial charge in [0.25, 0.3) is 5.91 Å². The molecule has 2 aromatic carbocycles. The summed E-state index contributed by atoms with van der Waals surface area (Å²) in [5, 5.41) is 15.3. The number of benzene rings is 2. The Labute approximate surface area is 168 Å². The van der Waals surface area contributed by atoms with E-state index < -0.39 is 17.2 Å². The summed E-state index contributed by atoms with van der Waals surface area (Å²) >= 11 is 0. The Morgan fingerprint density at radius 2 is 1.83 bits per heavy atom. The molecule has 1 aliphatic carbocycles. The molecule has 1 aliphatic heterocycles. The van der Waals surface area contributed by atoms with Crippen LogP contribution in [0.25, 0.3) is 10.8 Å². The van der Waals surface area contributed by atoms with E-state index in [9.17, 15) is 14.7 Å². The largest absolute Gasteiger partial charge is 0.501 e. The fourth-order valence-electron chi connectivity index (χ4n) is 5.04. The van der Waals surface area contributed by atoms with Gasteiger partial charge in [-0.05, 0) is 35.1 Å². The second-order valence-corrected chi connectivity index (χ2v) is 7.97. The molecule has 3 aromatic rings. The Morgan fingerprint density at radius 3 is 2.66 bits per heavy atom. The van der Waals surface area contributed by atoms with Crippen LogP contribution in [0.15, 0.2) is 47.3 Å². The maximum absolute atomic E-state index is 12.5. The van der Waals surface area contributed by atoms with Crippen LogP contribution in [-0.4, -0.2) is 27.1 Å². The fraction of sp³-hybridized carbons (Fsp3) is 0.348. The van der Waals surface area contributed by atoms with E-state index in [0.29, 0.717) is 24.8 Å². The van der Waals surface area contributed by atoms with E-state index in [4.69, 9.17) is 0 Å². The Kier molecular flexibility index (Phi) is 4.34. The maximum atomic E-state index is 12.5. The smallest absolute Gasteiger partial charge is 0.315 e. The topological polar surface area (TPSA) is 84.2 Å². The molecule has 6 nitrogen and oxygen atoms in total. The van der Waals surface area contributed by atoms with Crippen LogP contribution in [0.1, 0.15) is 53.5 Å². The van der Waals surface area contributed by atoms with Gasteiger partial charge >= 0.3 is 5.56 Å². The fourth-order valence-corrected chi connectivity index (χ4v) is 5.04. The number of aromatic nitrogens is 2. The Bertz CT molecular complexity index is 1160. The molecule has 29 heavy (non-hydrogen) atoms. The van der Waals surface area contributed by atoms with Gasteiger partial charge in [0.05, 0.1) is 0 Å². The highest BCUT2D eigenvalue weighted by Crippen LogP contribution is 2.43. The summed E-state index contributed by atoms with van der Waals surface area (Å²) < 4.78 is 1.76. The van der Waals surface area contributed by atoms with Gasteiger partial charge in [0.15, 0.2) is 5.69 Å². The molecule has 2 N–H and O–H groups in total. The third-order valence-electron chi connectivity index (χ3n) is 6.33. The summed E-state index contributed by atoms with van der Waals surface area (Å²) in [5.74, 6) is -0.132. The minimum atomic E-state index is -0.730. The summed E-state index contributed by atoms with van der Waals surface area (Å²) in [6, 6.07) is 14.5. The number of hydrogen-bond donors (Lipinski definition) is 2. The van der Waals surface area contributed by atoms with Crippen LogP contribution in [0.2, 0.25) is 0 Å². The van der Waals surface area contributed by atoms with Gasteiger partial charge < -0.3 is 15.0 Å². The summed E-state index contributed by atoms with van der Waals surface area (Å²) in [7, 11) is 0. The van der Waals surface area contributed by atoms with Gasteiger partial charge in [-0.2, -0.15) is 4.98 Å². The first-order chi connectivity index (χ1) is 14.1. The van der Waals surface area contributed by atoms with Gasteiger partial charge in [-0.1, -0.05) is 55.3 Å². The molecule has 0 bridgehead atoms. The van der Waals surface area contributed by atoms with Crippen molar-refractivity contribution in [3.63, 3.8) is 0 Å². The number of hydrogen-bond acceptors (Lipinski definition) is 4. The van der Waals surface area contributed by atoms with Crippen molar-refractivity contribution in [1.29, 1.82) is 0 Å². The lowest BCUT2D eigenvalue weighted by molar-refractivity contribution is 0.0919. The van der Waals surface area contributed by atoms with E-state index in [2.05, 4.69) is 34.6 Å². The SMILES string of the molecule is O=C1NCCn2c(C(c3cccc4ccccc34)C3CCCC3)nc(=O)c(O)c21. The van der Waals surface area contributed by atoms with Crippen LogP contribution in [-0.2, 0) is 6.54 Å². The lowest BCUT2D eigenvalue weighted by Gasteiger charge is -2.30. The zero-order valence-corrected chi connectivity index (χ0v) is 16.1. The maximum Gasteiger partial charge on any atom is 0.315 e. The molecule has 1 atom stereocenters.